The second kappa shape index (κ2) is 18.3. The summed E-state index contributed by atoms with van der Waals surface area (Å²) in [5.74, 6) is 8.38. The molecule has 0 aromatic heterocycles. The van der Waals surface area contributed by atoms with Crippen LogP contribution < -0.4 is 0 Å². The maximum absolute atomic E-state index is 7.39. The molecule has 2 saturated heterocycles. The van der Waals surface area contributed by atoms with Crippen molar-refractivity contribution < 1.29 is 27.1 Å². The number of fused-ring (bicyclic) bond motifs is 6. The summed E-state index contributed by atoms with van der Waals surface area (Å²) in [5.41, 5.74) is 0.176. The van der Waals surface area contributed by atoms with Crippen LogP contribution in [0.4, 0.5) is 0 Å². The predicted molar refractivity (Wildman–Crippen MR) is 257 cm³/mol. The molecule has 0 aromatic carbocycles. The van der Waals surface area contributed by atoms with Gasteiger partial charge in [-0.05, 0) is 142 Å². The molecule has 6 fully saturated rings. The Morgan fingerprint density at radius 1 is 0.361 bits per heavy atom. The van der Waals surface area contributed by atoms with Crippen molar-refractivity contribution in [3.63, 3.8) is 0 Å². The van der Waals surface area contributed by atoms with Crippen LogP contribution in [0.2, 0.25) is 0 Å². The van der Waals surface area contributed by atoms with Crippen molar-refractivity contribution in [2.75, 3.05) is 13.2 Å². The summed E-state index contributed by atoms with van der Waals surface area (Å²) in [5, 5.41) is 0. The second-order valence-electron chi connectivity index (χ2n) is 27.9. The van der Waals surface area contributed by atoms with Gasteiger partial charge < -0.3 is 27.1 Å². The second-order valence-corrected chi connectivity index (χ2v) is 30.2. The topological polar surface area (TPSA) is 55.4 Å². The standard InChI is InChI=1S/C53H98O6P2/c1-29-23-37(49(9,10)11)45-41(33(29)5)42-34(6)30(2)24-38(50(12,13)14)46(42)57-60(56-45)54-27-53(21,22)28-55-61-58-47-39(51(15,16)17)25-31(3)35(7)43(47)44-36(8)32(4)26-40(48(44)59-61)52(18,19)20/h29-48H,23-28H2,1-22H3/t29-,30?,31-,32?,33-,34?,35-,36?,37?,38-,39?,40-,41?,42?,43?,44?,45?,46?,47?,48?,60?,61?/m1/s1. The molecule has 6 aliphatic rings. The summed E-state index contributed by atoms with van der Waals surface area (Å²) >= 11 is 0. The van der Waals surface area contributed by atoms with Gasteiger partial charge in [0.25, 0.3) is 0 Å². The summed E-state index contributed by atoms with van der Waals surface area (Å²) in [6.07, 6.45) is 5.21. The first-order valence-electron chi connectivity index (χ1n) is 25.4. The van der Waals surface area contributed by atoms with Crippen LogP contribution in [0.3, 0.4) is 0 Å². The molecule has 4 aliphatic carbocycles. The Kier molecular flexibility index (Phi) is 15.3. The normalized spacial score (nSPS) is 47.9. The van der Waals surface area contributed by atoms with Crippen molar-refractivity contribution in [1.82, 2.24) is 0 Å². The van der Waals surface area contributed by atoms with E-state index in [0.29, 0.717) is 108 Å². The highest BCUT2D eigenvalue weighted by Crippen LogP contribution is 2.66. The van der Waals surface area contributed by atoms with E-state index in [9.17, 15) is 0 Å². The number of hydrogen-bond acceptors (Lipinski definition) is 6. The number of hydrogen-bond donors (Lipinski definition) is 0. The fourth-order valence-corrected chi connectivity index (χ4v) is 17.3. The molecule has 16 unspecified atom stereocenters. The van der Waals surface area contributed by atoms with Crippen molar-refractivity contribution >= 4 is 17.2 Å². The zero-order valence-electron chi connectivity index (χ0n) is 43.6. The largest absolute Gasteiger partial charge is 0.333 e. The zero-order chi connectivity index (χ0) is 45.7. The molecule has 0 spiro atoms. The Morgan fingerprint density at radius 2 is 0.557 bits per heavy atom. The molecule has 356 valence electrons. The highest BCUT2D eigenvalue weighted by atomic mass is 31.2. The van der Waals surface area contributed by atoms with Gasteiger partial charge in [-0.3, -0.25) is 0 Å². The van der Waals surface area contributed by atoms with Crippen LogP contribution in [0.25, 0.3) is 0 Å². The summed E-state index contributed by atoms with van der Waals surface area (Å²) in [6.45, 7) is 54.8. The van der Waals surface area contributed by atoms with Crippen molar-refractivity contribution in [2.24, 2.45) is 122 Å². The van der Waals surface area contributed by atoms with Crippen LogP contribution in [0.5, 0.6) is 0 Å². The third-order valence-electron chi connectivity index (χ3n) is 18.9. The van der Waals surface area contributed by atoms with Crippen LogP contribution in [0, 0.1) is 122 Å². The van der Waals surface area contributed by atoms with Crippen LogP contribution in [0.15, 0.2) is 0 Å². The first-order chi connectivity index (χ1) is 27.8. The molecule has 8 heteroatoms. The SMILES string of the molecule is CC1C[C@@H](C(C)(C)C)C2OP(OCC(C)(C)COP3OC4C(C5C(C)C(C)C[C@@H](C(C)(C)C)C5O3)[C@H](C)[C@H](C)CC4C(C)(C)C)OC3C(C2C1C)[C@H](C)[C@H](C)CC3C(C)(C)C. The lowest BCUT2D eigenvalue weighted by Gasteiger charge is -2.56. The lowest BCUT2D eigenvalue weighted by molar-refractivity contribution is -0.123. The predicted octanol–water partition coefficient (Wildman–Crippen LogP) is 15.9. The molecule has 22 atom stereocenters. The van der Waals surface area contributed by atoms with E-state index in [0.717, 1.165) is 0 Å². The van der Waals surface area contributed by atoms with Crippen LogP contribution in [-0.2, 0) is 27.1 Å². The molecule has 6 rings (SSSR count). The van der Waals surface area contributed by atoms with Crippen molar-refractivity contribution in [2.45, 2.75) is 202 Å². The third kappa shape index (κ3) is 10.5. The molecule has 61 heavy (non-hydrogen) atoms. The molecule has 0 bridgehead atoms. The number of rotatable bonds is 6. The lowest BCUT2D eigenvalue weighted by Crippen LogP contribution is -2.56. The first kappa shape index (κ1) is 51.0. The summed E-state index contributed by atoms with van der Waals surface area (Å²) in [7, 11) is -3.17. The van der Waals surface area contributed by atoms with Crippen molar-refractivity contribution in [3.05, 3.63) is 0 Å². The van der Waals surface area contributed by atoms with Gasteiger partial charge in [0.1, 0.15) is 0 Å². The fraction of sp³-hybridized carbons (Fsp3) is 1.00. The minimum atomic E-state index is -1.58. The van der Waals surface area contributed by atoms with Crippen LogP contribution in [-0.4, -0.2) is 37.6 Å². The van der Waals surface area contributed by atoms with Gasteiger partial charge in [-0.1, -0.05) is 152 Å². The van der Waals surface area contributed by atoms with Gasteiger partial charge in [0.15, 0.2) is 0 Å². The Hall–Kier alpha value is 0.620. The third-order valence-corrected chi connectivity index (χ3v) is 21.3. The Morgan fingerprint density at radius 3 is 0.738 bits per heavy atom. The molecule has 0 N–H and O–H groups in total. The van der Waals surface area contributed by atoms with E-state index < -0.39 is 17.2 Å². The summed E-state index contributed by atoms with van der Waals surface area (Å²) < 4.78 is 43.7. The Balaban J connectivity index is 1.27. The van der Waals surface area contributed by atoms with E-state index in [4.69, 9.17) is 27.1 Å². The van der Waals surface area contributed by atoms with Crippen molar-refractivity contribution in [3.8, 4) is 0 Å². The van der Waals surface area contributed by atoms with E-state index in [1.807, 2.05) is 0 Å². The fourth-order valence-electron chi connectivity index (χ4n) is 14.1. The first-order valence-corrected chi connectivity index (χ1v) is 27.6. The summed E-state index contributed by atoms with van der Waals surface area (Å²) in [4.78, 5) is 0. The van der Waals surface area contributed by atoms with E-state index in [1.54, 1.807) is 0 Å². The average molecular weight is 893 g/mol. The zero-order valence-corrected chi connectivity index (χ0v) is 45.4. The van der Waals surface area contributed by atoms with Gasteiger partial charge in [-0.25, -0.2) is 0 Å². The Bertz CT molecular complexity index is 1260. The van der Waals surface area contributed by atoms with E-state index in [2.05, 4.69) is 152 Å². The highest BCUT2D eigenvalue weighted by molar-refractivity contribution is 7.42. The van der Waals surface area contributed by atoms with Gasteiger partial charge in [-0.2, -0.15) is 0 Å². The minimum absolute atomic E-state index is 0.116. The quantitative estimate of drug-likeness (QED) is 0.248. The Labute approximate surface area is 380 Å². The average Bonchev–Trinajstić information content (AvgIpc) is 3.40. The van der Waals surface area contributed by atoms with Gasteiger partial charge in [0.2, 0.25) is 0 Å². The molecular weight excluding hydrogens is 795 g/mol. The minimum Gasteiger partial charge on any atom is -0.312 e. The van der Waals surface area contributed by atoms with E-state index in [1.165, 1.54) is 25.7 Å². The molecule has 6 nitrogen and oxygen atoms in total. The van der Waals surface area contributed by atoms with E-state index in [-0.39, 0.29) is 51.5 Å². The smallest absolute Gasteiger partial charge is 0.312 e. The van der Waals surface area contributed by atoms with Gasteiger partial charge >= 0.3 is 17.2 Å². The maximum atomic E-state index is 7.39. The molecule has 2 heterocycles. The molecule has 0 radical (unpaired) electrons. The van der Waals surface area contributed by atoms with Crippen LogP contribution >= 0.6 is 17.2 Å². The highest BCUT2D eigenvalue weighted by Gasteiger charge is 2.61. The molecule has 0 aromatic rings. The monoisotopic (exact) mass is 893 g/mol. The lowest BCUT2D eigenvalue weighted by atomic mass is 9.51. The molecule has 2 aliphatic heterocycles. The van der Waals surface area contributed by atoms with Gasteiger partial charge in [0, 0.05) is 5.41 Å². The molecular formula is C53H98O6P2. The summed E-state index contributed by atoms with van der Waals surface area (Å²) in [6, 6.07) is 0. The van der Waals surface area contributed by atoms with Crippen LogP contribution in [0.1, 0.15) is 178 Å². The maximum Gasteiger partial charge on any atom is 0.333 e. The molecule has 4 saturated carbocycles. The molecule has 0 amide bonds. The van der Waals surface area contributed by atoms with Gasteiger partial charge in [0.05, 0.1) is 37.6 Å². The van der Waals surface area contributed by atoms with E-state index >= 15 is 0 Å². The van der Waals surface area contributed by atoms with Gasteiger partial charge in [-0.15, -0.1) is 0 Å². The van der Waals surface area contributed by atoms with Crippen molar-refractivity contribution in [1.29, 1.82) is 0 Å².